The largest absolute Gasteiger partial charge is 0.508 e. The number of anilines is 1. The summed E-state index contributed by atoms with van der Waals surface area (Å²) in [6, 6.07) is 3.99. The molecule has 0 bridgehead atoms. The van der Waals surface area contributed by atoms with Crippen LogP contribution in [0.5, 0.6) is 5.75 Å². The van der Waals surface area contributed by atoms with Crippen LogP contribution in [0.2, 0.25) is 5.02 Å². The van der Waals surface area contributed by atoms with Gasteiger partial charge in [0.05, 0.1) is 16.3 Å². The summed E-state index contributed by atoms with van der Waals surface area (Å²) in [7, 11) is 0. The summed E-state index contributed by atoms with van der Waals surface area (Å²) in [6.07, 6.45) is 0. The molecule has 0 aliphatic heterocycles. The van der Waals surface area contributed by atoms with Gasteiger partial charge < -0.3 is 10.8 Å². The SMILES string of the molecule is CC(N)c1csc(NC(=O)c2cc(O)ccc2Cl)n1. The molecule has 0 radical (unpaired) electrons. The van der Waals surface area contributed by atoms with Crippen molar-refractivity contribution in [3.63, 3.8) is 0 Å². The van der Waals surface area contributed by atoms with Gasteiger partial charge in [-0.3, -0.25) is 10.1 Å². The molecule has 100 valence electrons. The zero-order chi connectivity index (χ0) is 14.0. The van der Waals surface area contributed by atoms with Crippen LogP contribution in [0.1, 0.15) is 29.0 Å². The number of aromatic hydroxyl groups is 1. The van der Waals surface area contributed by atoms with Gasteiger partial charge >= 0.3 is 0 Å². The molecule has 1 unspecified atom stereocenters. The third kappa shape index (κ3) is 3.23. The molecule has 1 aromatic carbocycles. The first kappa shape index (κ1) is 13.8. The van der Waals surface area contributed by atoms with Gasteiger partial charge in [0.1, 0.15) is 5.75 Å². The van der Waals surface area contributed by atoms with Crippen molar-refractivity contribution in [2.24, 2.45) is 5.73 Å². The molecular formula is C12H12ClN3O2S. The van der Waals surface area contributed by atoms with Crippen molar-refractivity contribution in [1.29, 1.82) is 0 Å². The lowest BCUT2D eigenvalue weighted by Gasteiger charge is -2.04. The lowest BCUT2D eigenvalue weighted by molar-refractivity contribution is 0.102. The predicted octanol–water partition coefficient (Wildman–Crippen LogP) is 2.77. The first-order chi connectivity index (χ1) is 8.97. The monoisotopic (exact) mass is 297 g/mol. The number of nitrogens with zero attached hydrogens (tertiary/aromatic N) is 1. The number of thiazole rings is 1. The van der Waals surface area contributed by atoms with E-state index in [9.17, 15) is 9.90 Å². The Bertz CT molecular complexity index is 613. The molecule has 0 saturated heterocycles. The van der Waals surface area contributed by atoms with Crippen LogP contribution in [0.25, 0.3) is 0 Å². The molecule has 19 heavy (non-hydrogen) atoms. The van der Waals surface area contributed by atoms with Crippen LogP contribution in [0, 0.1) is 0 Å². The van der Waals surface area contributed by atoms with Crippen molar-refractivity contribution in [2.75, 3.05) is 5.32 Å². The number of nitrogens with one attached hydrogen (secondary N) is 1. The van der Waals surface area contributed by atoms with Crippen molar-refractivity contribution in [2.45, 2.75) is 13.0 Å². The van der Waals surface area contributed by atoms with E-state index in [0.717, 1.165) is 0 Å². The summed E-state index contributed by atoms with van der Waals surface area (Å²) in [6.45, 7) is 1.81. The number of hydrogen-bond donors (Lipinski definition) is 3. The summed E-state index contributed by atoms with van der Waals surface area (Å²) in [4.78, 5) is 16.2. The molecule has 2 rings (SSSR count). The molecule has 0 aliphatic rings. The Morgan fingerprint density at radius 3 is 2.95 bits per heavy atom. The van der Waals surface area contributed by atoms with E-state index in [-0.39, 0.29) is 22.4 Å². The number of halogens is 1. The Balaban J connectivity index is 2.18. The van der Waals surface area contributed by atoms with E-state index >= 15 is 0 Å². The summed E-state index contributed by atoms with van der Waals surface area (Å²) in [5, 5.41) is 14.5. The standard InChI is InChI=1S/C12H12ClN3O2S/c1-6(14)10-5-19-12(15-10)16-11(18)8-4-7(17)2-3-9(8)13/h2-6,17H,14H2,1H3,(H,15,16,18). The fourth-order valence-electron chi connectivity index (χ4n) is 1.40. The summed E-state index contributed by atoms with van der Waals surface area (Å²) < 4.78 is 0. The zero-order valence-electron chi connectivity index (χ0n) is 10.1. The molecule has 5 nitrogen and oxygen atoms in total. The molecule has 1 heterocycles. The maximum absolute atomic E-state index is 12.0. The molecule has 1 aromatic heterocycles. The summed E-state index contributed by atoms with van der Waals surface area (Å²) in [5.74, 6) is -0.448. The molecule has 2 aromatic rings. The molecule has 4 N–H and O–H groups in total. The van der Waals surface area contributed by atoms with E-state index in [1.165, 1.54) is 29.5 Å². The van der Waals surface area contributed by atoms with Gasteiger partial charge in [-0.25, -0.2) is 4.98 Å². The van der Waals surface area contributed by atoms with Crippen molar-refractivity contribution in [1.82, 2.24) is 4.98 Å². The highest BCUT2D eigenvalue weighted by Crippen LogP contribution is 2.24. The van der Waals surface area contributed by atoms with Crippen LogP contribution >= 0.6 is 22.9 Å². The highest BCUT2D eigenvalue weighted by Gasteiger charge is 2.14. The van der Waals surface area contributed by atoms with Crippen LogP contribution in [-0.2, 0) is 0 Å². The molecular weight excluding hydrogens is 286 g/mol. The average molecular weight is 298 g/mol. The minimum Gasteiger partial charge on any atom is -0.508 e. The second-order valence-corrected chi connectivity index (χ2v) is 5.25. The number of benzene rings is 1. The van der Waals surface area contributed by atoms with Gasteiger partial charge in [-0.2, -0.15) is 0 Å². The highest BCUT2D eigenvalue weighted by atomic mass is 35.5. The summed E-state index contributed by atoms with van der Waals surface area (Å²) >= 11 is 7.19. The first-order valence-electron chi connectivity index (χ1n) is 5.48. The minimum atomic E-state index is -0.425. The van der Waals surface area contributed by atoms with Gasteiger partial charge in [-0.05, 0) is 25.1 Å². The van der Waals surface area contributed by atoms with Crippen molar-refractivity contribution < 1.29 is 9.90 Å². The summed E-state index contributed by atoms with van der Waals surface area (Å²) in [5.41, 5.74) is 6.59. The molecule has 0 fully saturated rings. The molecule has 7 heteroatoms. The number of phenols is 1. The number of nitrogens with two attached hydrogens (primary N) is 1. The van der Waals surface area contributed by atoms with Crippen molar-refractivity contribution in [3.05, 3.63) is 39.9 Å². The number of aromatic nitrogens is 1. The first-order valence-corrected chi connectivity index (χ1v) is 6.74. The fraction of sp³-hybridized carbons (Fsp3) is 0.167. The van der Waals surface area contributed by atoms with E-state index in [4.69, 9.17) is 17.3 Å². The molecule has 1 amide bonds. The van der Waals surface area contributed by atoms with E-state index < -0.39 is 5.91 Å². The van der Waals surface area contributed by atoms with Crippen LogP contribution in [0.3, 0.4) is 0 Å². The van der Waals surface area contributed by atoms with Gasteiger partial charge in [0.25, 0.3) is 5.91 Å². The Hall–Kier alpha value is -1.63. The van der Waals surface area contributed by atoms with E-state index in [1.807, 2.05) is 6.92 Å². The smallest absolute Gasteiger partial charge is 0.259 e. The number of carbonyl (C=O) groups is 1. The lowest BCUT2D eigenvalue weighted by Crippen LogP contribution is -2.13. The predicted molar refractivity (Wildman–Crippen MR) is 75.8 cm³/mol. The third-order valence-corrected chi connectivity index (χ3v) is 3.51. The Kier molecular flexibility index (Phi) is 4.04. The highest BCUT2D eigenvalue weighted by molar-refractivity contribution is 7.14. The van der Waals surface area contributed by atoms with Gasteiger partial charge in [0.15, 0.2) is 5.13 Å². The van der Waals surface area contributed by atoms with Gasteiger partial charge in [0.2, 0.25) is 0 Å². The second-order valence-electron chi connectivity index (χ2n) is 3.98. The number of amides is 1. The van der Waals surface area contributed by atoms with Crippen LogP contribution in [0.4, 0.5) is 5.13 Å². The average Bonchev–Trinajstić information content (AvgIpc) is 2.80. The number of carbonyl (C=O) groups excluding carboxylic acids is 1. The number of phenolic OH excluding ortho intramolecular Hbond substituents is 1. The maximum atomic E-state index is 12.0. The number of hydrogen-bond acceptors (Lipinski definition) is 5. The minimum absolute atomic E-state index is 0.0232. The third-order valence-electron chi connectivity index (χ3n) is 2.40. The lowest BCUT2D eigenvalue weighted by atomic mass is 10.2. The molecule has 0 saturated carbocycles. The fourth-order valence-corrected chi connectivity index (χ4v) is 2.42. The van der Waals surface area contributed by atoms with E-state index in [0.29, 0.717) is 10.8 Å². The Labute approximate surface area is 119 Å². The second kappa shape index (κ2) is 5.56. The van der Waals surface area contributed by atoms with E-state index in [1.54, 1.807) is 5.38 Å². The molecule has 0 aliphatic carbocycles. The van der Waals surface area contributed by atoms with Crippen LogP contribution in [0.15, 0.2) is 23.6 Å². The zero-order valence-corrected chi connectivity index (χ0v) is 11.6. The Morgan fingerprint density at radius 2 is 2.32 bits per heavy atom. The van der Waals surface area contributed by atoms with E-state index in [2.05, 4.69) is 10.3 Å². The van der Waals surface area contributed by atoms with Crippen molar-refractivity contribution >= 4 is 34.0 Å². The van der Waals surface area contributed by atoms with Crippen LogP contribution in [-0.4, -0.2) is 16.0 Å². The Morgan fingerprint density at radius 1 is 1.58 bits per heavy atom. The normalized spacial score (nSPS) is 12.2. The van der Waals surface area contributed by atoms with Crippen molar-refractivity contribution in [3.8, 4) is 5.75 Å². The van der Waals surface area contributed by atoms with Gasteiger partial charge in [-0.15, -0.1) is 11.3 Å². The molecule has 0 spiro atoms. The maximum Gasteiger partial charge on any atom is 0.259 e. The van der Waals surface area contributed by atoms with Gasteiger partial charge in [-0.1, -0.05) is 11.6 Å². The van der Waals surface area contributed by atoms with Gasteiger partial charge in [0, 0.05) is 11.4 Å². The molecule has 1 atom stereocenters. The number of rotatable bonds is 3. The quantitative estimate of drug-likeness (QED) is 0.813. The van der Waals surface area contributed by atoms with Crippen LogP contribution < -0.4 is 11.1 Å². The topological polar surface area (TPSA) is 88.2 Å².